The topological polar surface area (TPSA) is 98.6 Å². The van der Waals surface area contributed by atoms with Crippen LogP contribution < -0.4 is 10.2 Å². The van der Waals surface area contributed by atoms with Crippen molar-refractivity contribution in [3.63, 3.8) is 0 Å². The molecule has 2 aromatic rings. The SMILES string of the molecule is CC(C)c1nc(COc2coc(CO)cc2=O)no1. The van der Waals surface area contributed by atoms with Crippen LogP contribution in [-0.4, -0.2) is 15.2 Å². The van der Waals surface area contributed by atoms with Gasteiger partial charge in [-0.05, 0) is 0 Å². The molecule has 0 aliphatic heterocycles. The highest BCUT2D eigenvalue weighted by Crippen LogP contribution is 2.12. The van der Waals surface area contributed by atoms with Crippen molar-refractivity contribution in [1.29, 1.82) is 0 Å². The third-order valence-corrected chi connectivity index (χ3v) is 2.34. The molecule has 7 heteroatoms. The monoisotopic (exact) mass is 266 g/mol. The summed E-state index contributed by atoms with van der Waals surface area (Å²) in [5.74, 6) is 1.22. The van der Waals surface area contributed by atoms with Crippen molar-refractivity contribution in [3.8, 4) is 5.75 Å². The summed E-state index contributed by atoms with van der Waals surface area (Å²) in [6.45, 7) is 3.54. The van der Waals surface area contributed by atoms with Crippen molar-refractivity contribution in [2.24, 2.45) is 0 Å². The van der Waals surface area contributed by atoms with Gasteiger partial charge in [0.2, 0.25) is 22.9 Å². The molecule has 1 N–H and O–H groups in total. The first-order valence-corrected chi connectivity index (χ1v) is 5.78. The summed E-state index contributed by atoms with van der Waals surface area (Å²) in [4.78, 5) is 15.7. The highest BCUT2D eigenvalue weighted by Gasteiger charge is 2.11. The van der Waals surface area contributed by atoms with Gasteiger partial charge >= 0.3 is 0 Å². The average Bonchev–Trinajstić information content (AvgIpc) is 2.86. The molecule has 2 aromatic heterocycles. The van der Waals surface area contributed by atoms with Crippen molar-refractivity contribution in [1.82, 2.24) is 10.1 Å². The number of hydrogen-bond donors (Lipinski definition) is 1. The first-order chi connectivity index (χ1) is 9.10. The Morgan fingerprint density at radius 2 is 2.26 bits per heavy atom. The Hall–Kier alpha value is -2.15. The van der Waals surface area contributed by atoms with E-state index in [2.05, 4.69) is 10.1 Å². The van der Waals surface area contributed by atoms with Gasteiger partial charge in [0.15, 0.2) is 6.61 Å². The molecule has 0 saturated carbocycles. The molecule has 0 aliphatic rings. The van der Waals surface area contributed by atoms with E-state index in [1.54, 1.807) is 0 Å². The molecule has 0 bridgehead atoms. The molecule has 102 valence electrons. The summed E-state index contributed by atoms with van der Waals surface area (Å²) in [6, 6.07) is 1.17. The molecule has 0 amide bonds. The molecule has 0 radical (unpaired) electrons. The molecule has 0 aromatic carbocycles. The molecular weight excluding hydrogens is 252 g/mol. The zero-order valence-corrected chi connectivity index (χ0v) is 10.6. The number of rotatable bonds is 5. The van der Waals surface area contributed by atoms with Crippen LogP contribution in [0.15, 0.2) is 26.1 Å². The van der Waals surface area contributed by atoms with Gasteiger partial charge in [0.1, 0.15) is 18.6 Å². The van der Waals surface area contributed by atoms with Crippen LogP contribution in [0.4, 0.5) is 0 Å². The standard InChI is InChI=1S/C12H14N2O5/c1-7(2)12-13-11(14-19-12)6-18-10-5-17-8(4-15)3-9(10)16/h3,5,7,15H,4,6H2,1-2H3. The number of aliphatic hydroxyl groups excluding tert-OH is 1. The number of ether oxygens (including phenoxy) is 1. The smallest absolute Gasteiger partial charge is 0.229 e. The van der Waals surface area contributed by atoms with Gasteiger partial charge in [-0.1, -0.05) is 19.0 Å². The summed E-state index contributed by atoms with van der Waals surface area (Å²) < 4.78 is 15.2. The van der Waals surface area contributed by atoms with Gasteiger partial charge in [0.25, 0.3) is 0 Å². The number of aromatic nitrogens is 2. The first kappa shape index (κ1) is 13.3. The van der Waals surface area contributed by atoms with Crippen molar-refractivity contribution in [2.45, 2.75) is 33.0 Å². The number of nitrogens with zero attached hydrogens (tertiary/aromatic N) is 2. The number of hydrogen-bond acceptors (Lipinski definition) is 7. The third-order valence-electron chi connectivity index (χ3n) is 2.34. The first-order valence-electron chi connectivity index (χ1n) is 5.78. The second kappa shape index (κ2) is 5.66. The van der Waals surface area contributed by atoms with Gasteiger partial charge in [-0.2, -0.15) is 4.98 Å². The molecule has 7 nitrogen and oxygen atoms in total. The van der Waals surface area contributed by atoms with Crippen LogP contribution in [0.1, 0.15) is 37.2 Å². The Kier molecular flexibility index (Phi) is 3.96. The van der Waals surface area contributed by atoms with Crippen LogP contribution in [0.2, 0.25) is 0 Å². The van der Waals surface area contributed by atoms with E-state index < -0.39 is 0 Å². The highest BCUT2D eigenvalue weighted by atomic mass is 16.5. The van der Waals surface area contributed by atoms with Crippen LogP contribution in [-0.2, 0) is 13.2 Å². The minimum Gasteiger partial charge on any atom is -0.478 e. The van der Waals surface area contributed by atoms with Crippen molar-refractivity contribution in [2.75, 3.05) is 0 Å². The summed E-state index contributed by atoms with van der Waals surface area (Å²) >= 11 is 0. The fourth-order valence-corrected chi connectivity index (χ4v) is 1.33. The van der Waals surface area contributed by atoms with Gasteiger partial charge < -0.3 is 18.8 Å². The molecule has 0 aliphatic carbocycles. The Morgan fingerprint density at radius 3 is 2.84 bits per heavy atom. The quantitative estimate of drug-likeness (QED) is 0.868. The molecule has 0 saturated heterocycles. The lowest BCUT2D eigenvalue weighted by Gasteiger charge is -2.02. The molecule has 2 rings (SSSR count). The van der Waals surface area contributed by atoms with E-state index in [1.165, 1.54) is 6.07 Å². The fraction of sp³-hybridized carbons (Fsp3) is 0.417. The lowest BCUT2D eigenvalue weighted by atomic mass is 10.2. The van der Waals surface area contributed by atoms with Crippen LogP contribution in [0, 0.1) is 0 Å². The van der Waals surface area contributed by atoms with E-state index in [-0.39, 0.29) is 36.1 Å². The summed E-state index contributed by atoms with van der Waals surface area (Å²) in [7, 11) is 0. The van der Waals surface area contributed by atoms with Gasteiger partial charge in [0, 0.05) is 12.0 Å². The average molecular weight is 266 g/mol. The molecule has 0 unspecified atom stereocenters. The second-order valence-corrected chi connectivity index (χ2v) is 4.23. The van der Waals surface area contributed by atoms with E-state index in [9.17, 15) is 4.79 Å². The second-order valence-electron chi connectivity index (χ2n) is 4.23. The highest BCUT2D eigenvalue weighted by molar-refractivity contribution is 5.17. The maximum atomic E-state index is 11.6. The minimum absolute atomic E-state index is 0.0133. The molecule has 2 heterocycles. The Bertz CT molecular complexity index is 602. The van der Waals surface area contributed by atoms with Crippen LogP contribution in [0.5, 0.6) is 5.75 Å². The normalized spacial score (nSPS) is 10.9. The summed E-state index contributed by atoms with van der Waals surface area (Å²) in [5, 5.41) is 12.5. The zero-order valence-electron chi connectivity index (χ0n) is 10.6. The van der Waals surface area contributed by atoms with Crippen molar-refractivity contribution < 1.29 is 18.8 Å². The summed E-state index contributed by atoms with van der Waals surface area (Å²) in [5.41, 5.74) is -0.372. The van der Waals surface area contributed by atoms with E-state index in [4.69, 9.17) is 18.8 Å². The Balaban J connectivity index is 2.03. The van der Waals surface area contributed by atoms with Gasteiger partial charge in [0.05, 0.1) is 0 Å². The maximum absolute atomic E-state index is 11.6. The largest absolute Gasteiger partial charge is 0.478 e. The molecule has 0 fully saturated rings. The van der Waals surface area contributed by atoms with Crippen LogP contribution in [0.25, 0.3) is 0 Å². The molecule has 0 spiro atoms. The fourth-order valence-electron chi connectivity index (χ4n) is 1.33. The molecule has 19 heavy (non-hydrogen) atoms. The van der Waals surface area contributed by atoms with Crippen LogP contribution in [0.3, 0.4) is 0 Å². The Labute approximate surface area is 108 Å². The van der Waals surface area contributed by atoms with Gasteiger partial charge in [-0.3, -0.25) is 4.79 Å². The minimum atomic E-state index is -0.372. The molecular formula is C12H14N2O5. The Morgan fingerprint density at radius 1 is 1.47 bits per heavy atom. The summed E-state index contributed by atoms with van der Waals surface area (Å²) in [6.07, 6.45) is 1.15. The lowest BCUT2D eigenvalue weighted by Crippen LogP contribution is -2.08. The van der Waals surface area contributed by atoms with E-state index in [1.807, 2.05) is 13.8 Å². The van der Waals surface area contributed by atoms with Gasteiger partial charge in [-0.15, -0.1) is 0 Å². The van der Waals surface area contributed by atoms with E-state index in [0.29, 0.717) is 11.7 Å². The lowest BCUT2D eigenvalue weighted by molar-refractivity contribution is 0.234. The van der Waals surface area contributed by atoms with Crippen molar-refractivity contribution >= 4 is 0 Å². The zero-order chi connectivity index (χ0) is 13.8. The number of aliphatic hydroxyl groups is 1. The van der Waals surface area contributed by atoms with E-state index >= 15 is 0 Å². The predicted octanol–water partition coefficient (Wildman–Crippen LogP) is 1.22. The molecule has 0 atom stereocenters. The third kappa shape index (κ3) is 3.19. The predicted molar refractivity (Wildman–Crippen MR) is 63.6 cm³/mol. The van der Waals surface area contributed by atoms with Crippen molar-refractivity contribution in [3.05, 3.63) is 40.0 Å². The maximum Gasteiger partial charge on any atom is 0.229 e. The van der Waals surface area contributed by atoms with E-state index in [0.717, 1.165) is 6.26 Å². The van der Waals surface area contributed by atoms with Gasteiger partial charge in [-0.25, -0.2) is 0 Å². The van der Waals surface area contributed by atoms with Crippen LogP contribution >= 0.6 is 0 Å².